The third-order valence-electron chi connectivity index (χ3n) is 3.45. The molecule has 0 radical (unpaired) electrons. The number of aromatic nitrogens is 1. The minimum Gasteiger partial charge on any atom is -0.307 e. The van der Waals surface area contributed by atoms with Gasteiger partial charge < -0.3 is 5.32 Å². The van der Waals surface area contributed by atoms with Gasteiger partial charge in [0.05, 0.1) is 11.2 Å². The van der Waals surface area contributed by atoms with E-state index in [0.29, 0.717) is 0 Å². The average Bonchev–Trinajstić information content (AvgIpc) is 2.81. The van der Waals surface area contributed by atoms with Crippen LogP contribution in [0.1, 0.15) is 36.4 Å². The Bertz CT molecular complexity index is 502. The van der Waals surface area contributed by atoms with Crippen molar-refractivity contribution in [2.45, 2.75) is 45.7 Å². The Kier molecular flexibility index (Phi) is 4.72. The predicted molar refractivity (Wildman–Crippen MR) is 82.5 cm³/mol. The van der Waals surface area contributed by atoms with E-state index < -0.39 is 0 Å². The zero-order valence-corrected chi connectivity index (χ0v) is 12.8. The highest BCUT2D eigenvalue weighted by Gasteiger charge is 2.17. The SMILES string of the molecule is Cc1ncsc1CNC(C)(C)CCc1ccccc1. The van der Waals surface area contributed by atoms with Gasteiger partial charge in [-0.05, 0) is 39.2 Å². The van der Waals surface area contributed by atoms with E-state index in [1.165, 1.54) is 10.4 Å². The lowest BCUT2D eigenvalue weighted by atomic mass is 9.95. The lowest BCUT2D eigenvalue weighted by molar-refractivity contribution is 0.361. The molecular weight excluding hydrogens is 252 g/mol. The molecule has 1 N–H and O–H groups in total. The van der Waals surface area contributed by atoms with Gasteiger partial charge in [0.2, 0.25) is 0 Å². The van der Waals surface area contributed by atoms with E-state index in [4.69, 9.17) is 0 Å². The molecule has 1 aromatic carbocycles. The molecule has 1 heterocycles. The van der Waals surface area contributed by atoms with E-state index in [9.17, 15) is 0 Å². The summed E-state index contributed by atoms with van der Waals surface area (Å²) in [5.41, 5.74) is 4.62. The molecular formula is C16H22N2S. The van der Waals surface area contributed by atoms with Crippen LogP contribution < -0.4 is 5.32 Å². The number of nitrogens with zero attached hydrogens (tertiary/aromatic N) is 1. The Morgan fingerprint density at radius 2 is 1.95 bits per heavy atom. The molecule has 0 amide bonds. The van der Waals surface area contributed by atoms with Crippen molar-refractivity contribution in [2.24, 2.45) is 0 Å². The molecule has 0 saturated heterocycles. The first-order valence-electron chi connectivity index (χ1n) is 6.75. The van der Waals surface area contributed by atoms with Gasteiger partial charge in [-0.1, -0.05) is 30.3 Å². The molecule has 0 fully saturated rings. The van der Waals surface area contributed by atoms with Crippen molar-refractivity contribution < 1.29 is 0 Å². The molecule has 3 heteroatoms. The van der Waals surface area contributed by atoms with Crippen LogP contribution in [0.3, 0.4) is 0 Å². The number of hydrogen-bond acceptors (Lipinski definition) is 3. The van der Waals surface area contributed by atoms with Crippen LogP contribution >= 0.6 is 11.3 Å². The van der Waals surface area contributed by atoms with Gasteiger partial charge >= 0.3 is 0 Å². The van der Waals surface area contributed by atoms with Crippen LogP contribution in [-0.4, -0.2) is 10.5 Å². The van der Waals surface area contributed by atoms with E-state index in [2.05, 4.69) is 61.4 Å². The number of nitrogens with one attached hydrogen (secondary N) is 1. The van der Waals surface area contributed by atoms with E-state index in [1.807, 2.05) is 5.51 Å². The van der Waals surface area contributed by atoms with Crippen molar-refractivity contribution >= 4 is 11.3 Å². The summed E-state index contributed by atoms with van der Waals surface area (Å²) in [5.74, 6) is 0. The van der Waals surface area contributed by atoms with Crippen molar-refractivity contribution in [3.8, 4) is 0 Å². The smallest absolute Gasteiger partial charge is 0.0798 e. The second-order valence-electron chi connectivity index (χ2n) is 5.58. The summed E-state index contributed by atoms with van der Waals surface area (Å²) < 4.78 is 0. The number of benzene rings is 1. The maximum atomic E-state index is 4.29. The monoisotopic (exact) mass is 274 g/mol. The Labute approximate surface area is 119 Å². The molecule has 102 valence electrons. The van der Waals surface area contributed by atoms with Crippen LogP contribution in [0, 0.1) is 6.92 Å². The van der Waals surface area contributed by atoms with Gasteiger partial charge in [-0.25, -0.2) is 4.98 Å². The normalized spacial score (nSPS) is 11.7. The molecule has 0 bridgehead atoms. The first kappa shape index (κ1) is 14.2. The minimum atomic E-state index is 0.145. The van der Waals surface area contributed by atoms with Crippen molar-refractivity contribution in [1.29, 1.82) is 0 Å². The molecule has 0 unspecified atom stereocenters. The standard InChI is InChI=1S/C16H22N2S/c1-13-15(19-12-17-13)11-18-16(2,3)10-9-14-7-5-4-6-8-14/h4-8,12,18H,9-11H2,1-3H3. The summed E-state index contributed by atoms with van der Waals surface area (Å²) in [6.45, 7) is 7.53. The highest BCUT2D eigenvalue weighted by molar-refractivity contribution is 7.09. The number of rotatable bonds is 6. The van der Waals surface area contributed by atoms with Crippen molar-refractivity contribution in [3.05, 3.63) is 52.0 Å². The van der Waals surface area contributed by atoms with Crippen LogP contribution in [0.4, 0.5) is 0 Å². The van der Waals surface area contributed by atoms with Crippen LogP contribution in [0.5, 0.6) is 0 Å². The van der Waals surface area contributed by atoms with E-state index in [-0.39, 0.29) is 5.54 Å². The minimum absolute atomic E-state index is 0.145. The first-order valence-corrected chi connectivity index (χ1v) is 7.63. The Balaban J connectivity index is 1.83. The third-order valence-corrected chi connectivity index (χ3v) is 4.39. The van der Waals surface area contributed by atoms with Gasteiger partial charge in [-0.3, -0.25) is 0 Å². The van der Waals surface area contributed by atoms with Crippen molar-refractivity contribution in [2.75, 3.05) is 0 Å². The fourth-order valence-corrected chi connectivity index (χ4v) is 2.72. The molecule has 0 aliphatic heterocycles. The average molecular weight is 274 g/mol. The molecule has 19 heavy (non-hydrogen) atoms. The number of aryl methyl sites for hydroxylation is 2. The van der Waals surface area contributed by atoms with Crippen LogP contribution in [0.15, 0.2) is 35.8 Å². The maximum absolute atomic E-state index is 4.29. The summed E-state index contributed by atoms with van der Waals surface area (Å²) in [7, 11) is 0. The van der Waals surface area contributed by atoms with Crippen LogP contribution in [0.2, 0.25) is 0 Å². The summed E-state index contributed by atoms with van der Waals surface area (Å²) in [4.78, 5) is 5.63. The summed E-state index contributed by atoms with van der Waals surface area (Å²) >= 11 is 1.73. The van der Waals surface area contributed by atoms with Gasteiger partial charge in [-0.2, -0.15) is 0 Å². The van der Waals surface area contributed by atoms with Gasteiger partial charge in [0, 0.05) is 17.0 Å². The summed E-state index contributed by atoms with van der Waals surface area (Å²) in [5, 5.41) is 3.64. The molecule has 0 spiro atoms. The van der Waals surface area contributed by atoms with Crippen molar-refractivity contribution in [1.82, 2.24) is 10.3 Å². The first-order chi connectivity index (χ1) is 9.07. The van der Waals surface area contributed by atoms with Crippen LogP contribution in [0.25, 0.3) is 0 Å². The molecule has 2 nitrogen and oxygen atoms in total. The number of thiazole rings is 1. The van der Waals surface area contributed by atoms with Gasteiger partial charge in [-0.15, -0.1) is 11.3 Å². The second kappa shape index (κ2) is 6.31. The van der Waals surface area contributed by atoms with Crippen molar-refractivity contribution in [3.63, 3.8) is 0 Å². The predicted octanol–water partition coefficient (Wildman–Crippen LogP) is 3.95. The molecule has 0 aliphatic rings. The topological polar surface area (TPSA) is 24.9 Å². The molecule has 1 aromatic heterocycles. The van der Waals surface area contributed by atoms with Gasteiger partial charge in [0.1, 0.15) is 0 Å². The second-order valence-corrected chi connectivity index (χ2v) is 6.52. The highest BCUT2D eigenvalue weighted by atomic mass is 32.1. The Morgan fingerprint density at radius 1 is 1.21 bits per heavy atom. The zero-order chi connectivity index (χ0) is 13.7. The zero-order valence-electron chi connectivity index (χ0n) is 11.9. The van der Waals surface area contributed by atoms with E-state index in [0.717, 1.165) is 25.1 Å². The quantitative estimate of drug-likeness (QED) is 0.862. The molecule has 0 atom stereocenters. The summed E-state index contributed by atoms with van der Waals surface area (Å²) in [6.07, 6.45) is 2.25. The Hall–Kier alpha value is -1.19. The van der Waals surface area contributed by atoms with Gasteiger partial charge in [0.25, 0.3) is 0 Å². The number of hydrogen-bond donors (Lipinski definition) is 1. The lowest BCUT2D eigenvalue weighted by Crippen LogP contribution is -2.39. The lowest BCUT2D eigenvalue weighted by Gasteiger charge is -2.26. The molecule has 0 aliphatic carbocycles. The maximum Gasteiger partial charge on any atom is 0.0798 e. The third kappa shape index (κ3) is 4.44. The molecule has 2 aromatic rings. The van der Waals surface area contributed by atoms with E-state index >= 15 is 0 Å². The summed E-state index contributed by atoms with van der Waals surface area (Å²) in [6, 6.07) is 10.7. The molecule has 0 saturated carbocycles. The molecule has 2 rings (SSSR count). The fraction of sp³-hybridized carbons (Fsp3) is 0.438. The van der Waals surface area contributed by atoms with E-state index in [1.54, 1.807) is 11.3 Å². The Morgan fingerprint density at radius 3 is 2.58 bits per heavy atom. The van der Waals surface area contributed by atoms with Crippen LogP contribution in [-0.2, 0) is 13.0 Å². The largest absolute Gasteiger partial charge is 0.307 e. The highest BCUT2D eigenvalue weighted by Crippen LogP contribution is 2.17. The fourth-order valence-electron chi connectivity index (χ4n) is 2.01. The van der Waals surface area contributed by atoms with Gasteiger partial charge in [0.15, 0.2) is 0 Å².